The molecule has 4 heteroatoms. The molecule has 0 heterocycles. The fourth-order valence-corrected chi connectivity index (χ4v) is 2.55. The Morgan fingerprint density at radius 1 is 1.39 bits per heavy atom. The van der Waals surface area contributed by atoms with Gasteiger partial charge in [-0.3, -0.25) is 9.69 Å². The van der Waals surface area contributed by atoms with Crippen LogP contribution in [0.5, 0.6) is 0 Å². The van der Waals surface area contributed by atoms with Crippen molar-refractivity contribution in [3.8, 4) is 0 Å². The highest BCUT2D eigenvalue weighted by Crippen LogP contribution is 2.18. The van der Waals surface area contributed by atoms with Gasteiger partial charge in [0.25, 0.3) is 0 Å². The first kappa shape index (κ1) is 15.4. The number of unbranched alkanes of at least 4 members (excludes halogenated alkanes) is 1. The maximum atomic E-state index is 12.1. The van der Waals surface area contributed by atoms with Gasteiger partial charge >= 0.3 is 0 Å². The van der Waals surface area contributed by atoms with E-state index in [0.29, 0.717) is 12.6 Å². The van der Waals surface area contributed by atoms with Crippen LogP contribution in [0.1, 0.15) is 52.4 Å². The van der Waals surface area contributed by atoms with E-state index in [1.165, 1.54) is 12.8 Å². The molecule has 1 amide bonds. The maximum absolute atomic E-state index is 12.1. The average Bonchev–Trinajstić information content (AvgIpc) is 2.86. The Hall–Kier alpha value is -0.610. The van der Waals surface area contributed by atoms with Gasteiger partial charge in [0.05, 0.1) is 12.6 Å². The van der Waals surface area contributed by atoms with Gasteiger partial charge in [-0.25, -0.2) is 0 Å². The van der Waals surface area contributed by atoms with Crippen LogP contribution < -0.4 is 5.32 Å². The number of hydrogen-bond donors (Lipinski definition) is 2. The summed E-state index contributed by atoms with van der Waals surface area (Å²) in [6.45, 7) is 5.66. The molecular formula is C14H28N2O2. The van der Waals surface area contributed by atoms with Crippen molar-refractivity contribution >= 4 is 5.91 Å². The predicted octanol–water partition coefficient (Wildman–Crippen LogP) is 1.53. The summed E-state index contributed by atoms with van der Waals surface area (Å²) in [5, 5.41) is 12.2. The van der Waals surface area contributed by atoms with Gasteiger partial charge in [-0.1, -0.05) is 26.2 Å². The lowest BCUT2D eigenvalue weighted by Gasteiger charge is -2.28. The summed E-state index contributed by atoms with van der Waals surface area (Å²) < 4.78 is 0. The summed E-state index contributed by atoms with van der Waals surface area (Å²) in [6, 6.07) is 0.242. The summed E-state index contributed by atoms with van der Waals surface area (Å²) >= 11 is 0. The smallest absolute Gasteiger partial charge is 0.237 e. The third kappa shape index (κ3) is 4.94. The lowest BCUT2D eigenvalue weighted by Crippen LogP contribution is -2.48. The van der Waals surface area contributed by atoms with Gasteiger partial charge in [0.2, 0.25) is 5.91 Å². The van der Waals surface area contributed by atoms with E-state index in [1.54, 1.807) is 0 Å². The molecule has 1 fully saturated rings. The van der Waals surface area contributed by atoms with E-state index in [9.17, 15) is 4.79 Å². The molecule has 0 spiro atoms. The molecule has 1 aliphatic rings. The van der Waals surface area contributed by atoms with Crippen LogP contribution in [0.3, 0.4) is 0 Å². The van der Waals surface area contributed by atoms with Crippen LogP contribution >= 0.6 is 0 Å². The Bertz CT molecular complexity index is 240. The molecule has 1 aliphatic carbocycles. The number of aliphatic hydroxyl groups is 1. The van der Waals surface area contributed by atoms with Crippen LogP contribution in [0.15, 0.2) is 0 Å². The van der Waals surface area contributed by atoms with Gasteiger partial charge in [0.1, 0.15) is 0 Å². The number of carbonyl (C=O) groups is 1. The summed E-state index contributed by atoms with van der Waals surface area (Å²) in [4.78, 5) is 14.2. The van der Waals surface area contributed by atoms with E-state index < -0.39 is 0 Å². The third-order valence-electron chi connectivity index (χ3n) is 3.81. The first-order valence-electron chi connectivity index (χ1n) is 7.34. The van der Waals surface area contributed by atoms with E-state index in [2.05, 4.69) is 17.1 Å². The van der Waals surface area contributed by atoms with E-state index in [1.807, 2.05) is 6.92 Å². The second-order valence-corrected chi connectivity index (χ2v) is 5.28. The SMILES string of the molecule is CCCCN(CCO)C(C)C(=O)NC1CCCC1. The first-order chi connectivity index (χ1) is 8.69. The van der Waals surface area contributed by atoms with Crippen molar-refractivity contribution in [1.29, 1.82) is 0 Å². The molecule has 2 N–H and O–H groups in total. The van der Waals surface area contributed by atoms with Crippen molar-refractivity contribution in [3.63, 3.8) is 0 Å². The summed E-state index contributed by atoms with van der Waals surface area (Å²) in [5.41, 5.74) is 0. The largest absolute Gasteiger partial charge is 0.395 e. The van der Waals surface area contributed by atoms with Gasteiger partial charge in [0.15, 0.2) is 0 Å². The highest BCUT2D eigenvalue weighted by molar-refractivity contribution is 5.81. The Morgan fingerprint density at radius 3 is 2.61 bits per heavy atom. The Balaban J connectivity index is 2.41. The zero-order valence-corrected chi connectivity index (χ0v) is 11.8. The van der Waals surface area contributed by atoms with Gasteiger partial charge in [-0.15, -0.1) is 0 Å². The van der Waals surface area contributed by atoms with Crippen molar-refractivity contribution in [2.24, 2.45) is 0 Å². The third-order valence-corrected chi connectivity index (χ3v) is 3.81. The fourth-order valence-electron chi connectivity index (χ4n) is 2.55. The quantitative estimate of drug-likeness (QED) is 0.692. The molecule has 0 aliphatic heterocycles. The zero-order valence-electron chi connectivity index (χ0n) is 11.8. The summed E-state index contributed by atoms with van der Waals surface area (Å²) in [5.74, 6) is 0.117. The second-order valence-electron chi connectivity index (χ2n) is 5.28. The molecule has 106 valence electrons. The van der Waals surface area contributed by atoms with Gasteiger partial charge in [-0.05, 0) is 32.7 Å². The lowest BCUT2D eigenvalue weighted by atomic mass is 10.2. The number of hydrogen-bond acceptors (Lipinski definition) is 3. The first-order valence-corrected chi connectivity index (χ1v) is 7.34. The van der Waals surface area contributed by atoms with Crippen LogP contribution in [0.25, 0.3) is 0 Å². The molecule has 0 saturated heterocycles. The van der Waals surface area contributed by atoms with Crippen molar-refractivity contribution in [3.05, 3.63) is 0 Å². The van der Waals surface area contributed by atoms with Gasteiger partial charge < -0.3 is 10.4 Å². The van der Waals surface area contributed by atoms with Crippen LogP contribution in [-0.2, 0) is 4.79 Å². The van der Waals surface area contributed by atoms with Crippen molar-refractivity contribution in [1.82, 2.24) is 10.2 Å². The second kappa shape index (κ2) is 8.48. The number of aliphatic hydroxyl groups excluding tert-OH is 1. The van der Waals surface area contributed by atoms with Crippen LogP contribution in [0, 0.1) is 0 Å². The van der Waals surface area contributed by atoms with Crippen molar-refractivity contribution in [2.45, 2.75) is 64.5 Å². The van der Waals surface area contributed by atoms with Gasteiger partial charge in [0, 0.05) is 12.6 Å². The lowest BCUT2D eigenvalue weighted by molar-refractivity contribution is -0.126. The highest BCUT2D eigenvalue weighted by Gasteiger charge is 2.24. The minimum absolute atomic E-state index is 0.116. The van der Waals surface area contributed by atoms with E-state index in [4.69, 9.17) is 5.11 Å². The fraction of sp³-hybridized carbons (Fsp3) is 0.929. The van der Waals surface area contributed by atoms with Crippen LogP contribution in [0.2, 0.25) is 0 Å². The molecule has 1 saturated carbocycles. The molecule has 0 aromatic rings. The molecule has 0 radical (unpaired) electrons. The molecule has 0 aromatic carbocycles. The molecule has 0 bridgehead atoms. The summed E-state index contributed by atoms with van der Waals surface area (Å²) in [6.07, 6.45) is 6.88. The topological polar surface area (TPSA) is 52.6 Å². The van der Waals surface area contributed by atoms with E-state index in [0.717, 1.165) is 32.2 Å². The standard InChI is InChI=1S/C14H28N2O2/c1-3-4-9-16(10-11-17)12(2)14(18)15-13-7-5-6-8-13/h12-13,17H,3-11H2,1-2H3,(H,15,18). The molecule has 1 atom stereocenters. The highest BCUT2D eigenvalue weighted by atomic mass is 16.3. The normalized spacial score (nSPS) is 18.2. The van der Waals surface area contributed by atoms with Crippen LogP contribution in [0.4, 0.5) is 0 Å². The number of nitrogens with zero attached hydrogens (tertiary/aromatic N) is 1. The van der Waals surface area contributed by atoms with Gasteiger partial charge in [-0.2, -0.15) is 0 Å². The number of carbonyl (C=O) groups excluding carboxylic acids is 1. The molecule has 1 rings (SSSR count). The maximum Gasteiger partial charge on any atom is 0.237 e. The Kier molecular flexibility index (Phi) is 7.28. The van der Waals surface area contributed by atoms with Crippen molar-refractivity contribution in [2.75, 3.05) is 19.7 Å². The van der Waals surface area contributed by atoms with Crippen molar-refractivity contribution < 1.29 is 9.90 Å². The van der Waals surface area contributed by atoms with Crippen LogP contribution in [-0.4, -0.2) is 47.7 Å². The average molecular weight is 256 g/mol. The van der Waals surface area contributed by atoms with E-state index >= 15 is 0 Å². The molecule has 4 nitrogen and oxygen atoms in total. The Morgan fingerprint density at radius 2 is 2.06 bits per heavy atom. The monoisotopic (exact) mass is 256 g/mol. The van der Waals surface area contributed by atoms with E-state index in [-0.39, 0.29) is 18.6 Å². The minimum atomic E-state index is -0.135. The Labute approximate surface area is 111 Å². The minimum Gasteiger partial charge on any atom is -0.395 e. The number of rotatable bonds is 8. The number of amides is 1. The zero-order chi connectivity index (χ0) is 13.4. The summed E-state index contributed by atoms with van der Waals surface area (Å²) in [7, 11) is 0. The predicted molar refractivity (Wildman–Crippen MR) is 73.4 cm³/mol. The molecule has 18 heavy (non-hydrogen) atoms. The molecule has 1 unspecified atom stereocenters. The molecular weight excluding hydrogens is 228 g/mol. The molecule has 0 aromatic heterocycles. The number of nitrogens with one attached hydrogen (secondary N) is 1.